The molecule has 1 aliphatic heterocycles. The summed E-state index contributed by atoms with van der Waals surface area (Å²) >= 11 is 1.49. The number of sulfonamides is 1. The second-order valence-corrected chi connectivity index (χ2v) is 18.6. The second-order valence-electron chi connectivity index (χ2n) is 15.9. The Morgan fingerprint density at radius 2 is 1.48 bits per heavy atom. The summed E-state index contributed by atoms with van der Waals surface area (Å²) in [5.74, 6) is -1.23. The van der Waals surface area contributed by atoms with Crippen LogP contribution in [-0.2, 0) is 17.1 Å². The van der Waals surface area contributed by atoms with Gasteiger partial charge in [-0.05, 0) is 142 Å². The summed E-state index contributed by atoms with van der Waals surface area (Å²) in [6, 6.07) is 30.5. The molecule has 0 unspecified atom stereocenters. The fourth-order valence-electron chi connectivity index (χ4n) is 7.84. The van der Waals surface area contributed by atoms with Gasteiger partial charge in [0.15, 0.2) is 0 Å². The molecule has 0 saturated carbocycles. The molecular weight excluding hydrogens is 861 g/mol. The van der Waals surface area contributed by atoms with Crippen molar-refractivity contribution < 1.29 is 32.0 Å². The smallest absolute Gasteiger partial charge is 0.338 e. The molecule has 1 saturated heterocycles. The lowest BCUT2D eigenvalue weighted by atomic mass is 9.96. The molecule has 17 heteroatoms. The van der Waals surface area contributed by atoms with Crippen molar-refractivity contribution in [2.45, 2.75) is 29.2 Å². The van der Waals surface area contributed by atoms with E-state index in [1.165, 1.54) is 48.2 Å². The Bertz CT molecular complexity index is 2740. The molecule has 13 nitrogen and oxygen atoms in total. The number of nitro groups is 1. The van der Waals surface area contributed by atoms with Crippen LogP contribution in [0.2, 0.25) is 0 Å². The number of hydrogen-bond donors (Lipinski definition) is 3. The monoisotopic (exact) mass is 909 g/mol. The zero-order chi connectivity index (χ0) is 45.7. The van der Waals surface area contributed by atoms with Crippen molar-refractivity contribution in [2.75, 3.05) is 72.4 Å². The minimum atomic E-state index is -4.21. The molecule has 1 aliphatic rings. The van der Waals surface area contributed by atoms with Crippen LogP contribution in [0, 0.1) is 28.7 Å². The third-order valence-electron chi connectivity index (χ3n) is 11.3. The largest absolute Gasteiger partial charge is 0.478 e. The van der Waals surface area contributed by atoms with Crippen LogP contribution in [0.15, 0.2) is 125 Å². The molecule has 5 aromatic carbocycles. The van der Waals surface area contributed by atoms with E-state index in [9.17, 15) is 37.2 Å². The quantitative estimate of drug-likeness (QED) is 0.0456. The van der Waals surface area contributed by atoms with Gasteiger partial charge in [-0.2, -0.15) is 0 Å². The predicted molar refractivity (Wildman–Crippen MR) is 250 cm³/mol. The van der Waals surface area contributed by atoms with Gasteiger partial charge in [0, 0.05) is 84.3 Å². The molecule has 7 rings (SSSR count). The van der Waals surface area contributed by atoms with E-state index >= 15 is 0 Å². The van der Waals surface area contributed by atoms with Gasteiger partial charge < -0.3 is 29.7 Å². The Labute approximate surface area is 375 Å². The average molecular weight is 910 g/mol. The van der Waals surface area contributed by atoms with Crippen LogP contribution in [0.25, 0.3) is 22.4 Å². The van der Waals surface area contributed by atoms with E-state index < -0.39 is 20.9 Å². The summed E-state index contributed by atoms with van der Waals surface area (Å²) in [4.78, 5) is 31.3. The van der Waals surface area contributed by atoms with Crippen LogP contribution in [0.3, 0.4) is 0 Å². The van der Waals surface area contributed by atoms with Crippen LogP contribution >= 0.6 is 11.8 Å². The van der Waals surface area contributed by atoms with E-state index in [1.807, 2.05) is 67.0 Å². The van der Waals surface area contributed by atoms with Crippen molar-refractivity contribution in [1.29, 1.82) is 0 Å². The number of aromatic nitrogens is 1. The van der Waals surface area contributed by atoms with E-state index in [0.717, 1.165) is 27.9 Å². The number of halogens is 2. The molecule has 1 aromatic heterocycles. The number of carbonyl (C=O) groups is 1. The minimum Gasteiger partial charge on any atom is -0.478 e. The third-order valence-corrected chi connectivity index (χ3v) is 13.9. The fraction of sp³-hybridized carbons (Fsp3) is 0.255. The lowest BCUT2D eigenvalue weighted by Crippen LogP contribution is -2.46. The summed E-state index contributed by atoms with van der Waals surface area (Å²) in [6.07, 6.45) is 0.646. The Balaban J connectivity index is 1.01. The van der Waals surface area contributed by atoms with Crippen LogP contribution in [-0.4, -0.2) is 92.5 Å². The van der Waals surface area contributed by atoms with Crippen molar-refractivity contribution in [3.05, 3.63) is 148 Å². The van der Waals surface area contributed by atoms with Crippen LogP contribution in [0.1, 0.15) is 22.5 Å². The molecule has 64 heavy (non-hydrogen) atoms. The van der Waals surface area contributed by atoms with Crippen LogP contribution in [0.4, 0.5) is 37.2 Å². The van der Waals surface area contributed by atoms with Gasteiger partial charge >= 0.3 is 5.97 Å². The van der Waals surface area contributed by atoms with Crippen molar-refractivity contribution >= 4 is 56.2 Å². The van der Waals surface area contributed by atoms with Crippen LogP contribution < -0.4 is 19.8 Å². The van der Waals surface area contributed by atoms with Gasteiger partial charge in [-0.25, -0.2) is 22.0 Å². The third kappa shape index (κ3) is 10.5. The zero-order valence-electron chi connectivity index (χ0n) is 35.8. The molecule has 0 radical (unpaired) electrons. The first-order chi connectivity index (χ1) is 30.6. The average Bonchev–Trinajstić information content (AvgIpc) is 3.55. The van der Waals surface area contributed by atoms with E-state index in [1.54, 1.807) is 43.3 Å². The summed E-state index contributed by atoms with van der Waals surface area (Å²) in [7, 11) is 1.46. The molecule has 0 aliphatic carbocycles. The minimum absolute atomic E-state index is 0.192. The van der Waals surface area contributed by atoms with Gasteiger partial charge in [0.2, 0.25) is 0 Å². The number of benzene rings is 5. The predicted octanol–water partition coefficient (Wildman–Crippen LogP) is 9.20. The molecular formula is C47H49F2N7O6S2. The van der Waals surface area contributed by atoms with Crippen molar-refractivity contribution in [2.24, 2.45) is 7.05 Å². The molecule has 1 fully saturated rings. The number of piperazine rings is 1. The highest BCUT2D eigenvalue weighted by atomic mass is 32.2. The van der Waals surface area contributed by atoms with E-state index in [2.05, 4.69) is 19.8 Å². The maximum Gasteiger partial charge on any atom is 0.338 e. The van der Waals surface area contributed by atoms with Crippen LogP contribution in [0.5, 0.6) is 0 Å². The molecule has 3 N–H and O–H groups in total. The number of carboxylic acid groups (broad SMARTS) is 1. The number of nitrogens with one attached hydrogen (secondary N) is 2. The molecule has 6 aromatic rings. The molecule has 334 valence electrons. The zero-order valence-corrected chi connectivity index (χ0v) is 37.4. The van der Waals surface area contributed by atoms with Crippen molar-refractivity contribution in [1.82, 2.24) is 9.47 Å². The number of anilines is 4. The molecule has 2 heterocycles. The highest BCUT2D eigenvalue weighted by Gasteiger charge is 2.28. The summed E-state index contributed by atoms with van der Waals surface area (Å²) in [5.41, 5.74) is 5.40. The van der Waals surface area contributed by atoms with E-state index in [4.69, 9.17) is 0 Å². The Morgan fingerprint density at radius 3 is 2.09 bits per heavy atom. The number of carboxylic acids is 1. The van der Waals surface area contributed by atoms with Crippen molar-refractivity contribution in [3.63, 3.8) is 0 Å². The number of nitrogens with zero attached hydrogens (tertiary/aromatic N) is 5. The normalized spacial score (nSPS) is 13.5. The first-order valence-electron chi connectivity index (χ1n) is 20.6. The van der Waals surface area contributed by atoms with Crippen molar-refractivity contribution in [3.8, 4) is 22.4 Å². The Hall–Kier alpha value is -6.43. The number of rotatable bonds is 17. The highest BCUT2D eigenvalue weighted by molar-refractivity contribution is 7.99. The van der Waals surface area contributed by atoms with Gasteiger partial charge in [-0.1, -0.05) is 12.1 Å². The maximum atomic E-state index is 13.9. The topological polar surface area (TPSA) is 153 Å². The number of nitro benzene ring substituents is 1. The maximum absolute atomic E-state index is 13.9. The Kier molecular flexibility index (Phi) is 13.9. The SMILES string of the molecule is Cc1c(C(=O)O)c(-c2cccc(N3CCN(c4ccc(NS(=O)(=O)c5ccc(N[C@H](CCN(C)C)CSc6ccc(F)cc6)c([N+](=O)[O-])c5)cc4)CC3)c2)c(-c2ccc(F)cc2)n1C. The van der Waals surface area contributed by atoms with Gasteiger partial charge in [-0.15, -0.1) is 11.8 Å². The standard InChI is InChI=1S/C47H49F2N7O6S2/c1-31-44(47(57)58)45(46(53(31)4)32-8-10-34(48)11-9-32)33-6-5-7-39(28-33)55-26-24-54(25-27-55)38-16-14-36(15-17-38)51-64(61,62)41-20-21-42(43(29-41)56(59)60)50-37(22-23-52(2)3)30-63-40-18-12-35(49)13-19-40/h5-21,28-29,37,50-51H,22-27,30H2,1-4H3,(H,57,58)/t37-/m1/s1. The molecule has 1 atom stereocenters. The first-order valence-corrected chi connectivity index (χ1v) is 23.0. The summed E-state index contributed by atoms with van der Waals surface area (Å²) in [5, 5.41) is 25.8. The Morgan fingerprint density at radius 1 is 0.859 bits per heavy atom. The summed E-state index contributed by atoms with van der Waals surface area (Å²) < 4.78 is 58.8. The van der Waals surface area contributed by atoms with Gasteiger partial charge in [0.1, 0.15) is 17.3 Å². The highest BCUT2D eigenvalue weighted by Crippen LogP contribution is 2.40. The van der Waals surface area contributed by atoms with E-state index in [0.29, 0.717) is 73.1 Å². The lowest BCUT2D eigenvalue weighted by Gasteiger charge is -2.37. The number of hydrogen-bond acceptors (Lipinski definition) is 10. The van der Waals surface area contributed by atoms with E-state index in [-0.39, 0.29) is 39.5 Å². The lowest BCUT2D eigenvalue weighted by molar-refractivity contribution is -0.384. The molecule has 0 bridgehead atoms. The summed E-state index contributed by atoms with van der Waals surface area (Å²) in [6.45, 7) is 5.10. The van der Waals surface area contributed by atoms with Gasteiger partial charge in [0.25, 0.3) is 15.7 Å². The number of aromatic carboxylic acids is 1. The van der Waals surface area contributed by atoms with Gasteiger partial charge in [-0.3, -0.25) is 14.8 Å². The molecule has 0 amide bonds. The fourth-order valence-corrected chi connectivity index (χ4v) is 9.89. The first kappa shape index (κ1) is 45.6. The molecule has 0 spiro atoms. The van der Waals surface area contributed by atoms with Gasteiger partial charge in [0.05, 0.1) is 21.1 Å². The number of thioether (sulfide) groups is 1. The second kappa shape index (κ2) is 19.5.